The first kappa shape index (κ1) is 15.3. The molecule has 1 atom stereocenters. The molecular weight excluding hydrogens is 252 g/mol. The summed E-state index contributed by atoms with van der Waals surface area (Å²) in [6, 6.07) is 8.82. The second-order valence-electron chi connectivity index (χ2n) is 5.68. The molecule has 20 heavy (non-hydrogen) atoms. The highest BCUT2D eigenvalue weighted by Crippen LogP contribution is 2.16. The first-order valence-corrected chi connectivity index (χ1v) is 7.46. The van der Waals surface area contributed by atoms with Gasteiger partial charge in [0.05, 0.1) is 19.8 Å². The lowest BCUT2D eigenvalue weighted by atomic mass is 10.0. The van der Waals surface area contributed by atoms with Crippen LogP contribution in [0.2, 0.25) is 0 Å². The monoisotopic (exact) mass is 278 g/mol. The van der Waals surface area contributed by atoms with Crippen LogP contribution < -0.4 is 10.2 Å². The van der Waals surface area contributed by atoms with E-state index in [1.54, 1.807) is 0 Å². The first-order chi connectivity index (χ1) is 9.70. The zero-order chi connectivity index (χ0) is 14.4. The van der Waals surface area contributed by atoms with Gasteiger partial charge in [-0.25, -0.2) is 0 Å². The van der Waals surface area contributed by atoms with E-state index in [1.165, 1.54) is 11.3 Å². The molecule has 1 fully saturated rings. The normalized spacial score (nSPS) is 17.5. The fourth-order valence-corrected chi connectivity index (χ4v) is 2.41. The lowest BCUT2D eigenvalue weighted by Gasteiger charge is -2.29. The molecule has 4 heteroatoms. The molecule has 0 radical (unpaired) electrons. The summed E-state index contributed by atoms with van der Waals surface area (Å²) < 4.78 is 5.37. The minimum Gasteiger partial charge on any atom is -0.395 e. The summed E-state index contributed by atoms with van der Waals surface area (Å²) in [6.45, 7) is 8.79. The third kappa shape index (κ3) is 4.20. The fourth-order valence-electron chi connectivity index (χ4n) is 2.41. The van der Waals surface area contributed by atoms with E-state index in [0.717, 1.165) is 32.8 Å². The Balaban J connectivity index is 1.87. The van der Waals surface area contributed by atoms with Crippen molar-refractivity contribution in [2.24, 2.45) is 5.92 Å². The highest BCUT2D eigenvalue weighted by atomic mass is 16.5. The van der Waals surface area contributed by atoms with E-state index in [0.29, 0.717) is 5.92 Å². The van der Waals surface area contributed by atoms with Crippen molar-refractivity contribution in [2.45, 2.75) is 26.4 Å². The summed E-state index contributed by atoms with van der Waals surface area (Å²) in [7, 11) is 0. The van der Waals surface area contributed by atoms with Gasteiger partial charge < -0.3 is 20.1 Å². The number of anilines is 1. The van der Waals surface area contributed by atoms with Crippen molar-refractivity contribution >= 4 is 5.69 Å². The molecule has 1 aromatic carbocycles. The number of hydrogen-bond acceptors (Lipinski definition) is 4. The summed E-state index contributed by atoms with van der Waals surface area (Å²) >= 11 is 0. The van der Waals surface area contributed by atoms with E-state index in [-0.39, 0.29) is 12.6 Å². The summed E-state index contributed by atoms with van der Waals surface area (Å²) in [5.41, 5.74) is 2.51. The zero-order valence-electron chi connectivity index (χ0n) is 12.5. The van der Waals surface area contributed by atoms with Gasteiger partial charge in [0.2, 0.25) is 0 Å². The van der Waals surface area contributed by atoms with Crippen molar-refractivity contribution < 1.29 is 9.84 Å². The Hall–Kier alpha value is -1.10. The Morgan fingerprint density at radius 2 is 1.85 bits per heavy atom. The Bertz CT molecular complexity index is 386. The quantitative estimate of drug-likeness (QED) is 0.830. The van der Waals surface area contributed by atoms with Crippen LogP contribution in [0.25, 0.3) is 0 Å². The molecular formula is C16H26N2O2. The SMILES string of the molecule is CC(C)C(CO)NCc1ccc(N2CCOCC2)cc1. The van der Waals surface area contributed by atoms with E-state index >= 15 is 0 Å². The number of aliphatic hydroxyl groups excluding tert-OH is 1. The summed E-state index contributed by atoms with van der Waals surface area (Å²) in [5.74, 6) is 0.438. The van der Waals surface area contributed by atoms with Crippen LogP contribution >= 0.6 is 0 Å². The Morgan fingerprint density at radius 1 is 1.20 bits per heavy atom. The number of rotatable bonds is 6. The van der Waals surface area contributed by atoms with Gasteiger partial charge in [0, 0.05) is 31.4 Å². The van der Waals surface area contributed by atoms with Crippen LogP contribution in [0.15, 0.2) is 24.3 Å². The topological polar surface area (TPSA) is 44.7 Å². The van der Waals surface area contributed by atoms with Crippen LogP contribution in [0.1, 0.15) is 19.4 Å². The van der Waals surface area contributed by atoms with Crippen molar-refractivity contribution in [3.8, 4) is 0 Å². The van der Waals surface area contributed by atoms with Gasteiger partial charge >= 0.3 is 0 Å². The van der Waals surface area contributed by atoms with Crippen molar-refractivity contribution in [3.63, 3.8) is 0 Å². The molecule has 0 spiro atoms. The summed E-state index contributed by atoms with van der Waals surface area (Å²) in [5, 5.41) is 12.7. The molecule has 0 saturated carbocycles. The number of morpholine rings is 1. The van der Waals surface area contributed by atoms with E-state index < -0.39 is 0 Å². The summed E-state index contributed by atoms with van der Waals surface area (Å²) in [6.07, 6.45) is 0. The Labute approximate surface area is 121 Å². The molecule has 2 rings (SSSR count). The number of nitrogens with zero attached hydrogens (tertiary/aromatic N) is 1. The first-order valence-electron chi connectivity index (χ1n) is 7.46. The average Bonchev–Trinajstić information content (AvgIpc) is 2.49. The highest BCUT2D eigenvalue weighted by Gasteiger charge is 2.12. The molecule has 0 aromatic heterocycles. The van der Waals surface area contributed by atoms with Gasteiger partial charge in [-0.1, -0.05) is 26.0 Å². The third-order valence-corrected chi connectivity index (χ3v) is 3.88. The summed E-state index contributed by atoms with van der Waals surface area (Å²) in [4.78, 5) is 2.35. The molecule has 1 aliphatic rings. The molecule has 112 valence electrons. The molecule has 1 aromatic rings. The maximum absolute atomic E-state index is 9.31. The number of aliphatic hydroxyl groups is 1. The van der Waals surface area contributed by atoms with Crippen LogP contribution in [-0.2, 0) is 11.3 Å². The number of benzene rings is 1. The molecule has 0 bridgehead atoms. The molecule has 0 amide bonds. The second kappa shape index (κ2) is 7.62. The molecule has 0 aliphatic carbocycles. The predicted molar refractivity (Wildman–Crippen MR) is 82.0 cm³/mol. The number of hydrogen-bond donors (Lipinski definition) is 2. The maximum Gasteiger partial charge on any atom is 0.0642 e. The zero-order valence-corrected chi connectivity index (χ0v) is 12.5. The van der Waals surface area contributed by atoms with E-state index in [4.69, 9.17) is 4.74 Å². The van der Waals surface area contributed by atoms with Gasteiger partial charge in [-0.15, -0.1) is 0 Å². The van der Waals surface area contributed by atoms with Gasteiger partial charge in [-0.2, -0.15) is 0 Å². The standard InChI is InChI=1S/C16H26N2O2/c1-13(2)16(12-19)17-11-14-3-5-15(6-4-14)18-7-9-20-10-8-18/h3-6,13,16-17,19H,7-12H2,1-2H3. The van der Waals surface area contributed by atoms with Crippen LogP contribution in [0.5, 0.6) is 0 Å². The molecule has 4 nitrogen and oxygen atoms in total. The van der Waals surface area contributed by atoms with Crippen molar-refractivity contribution in [2.75, 3.05) is 37.8 Å². The molecule has 1 saturated heterocycles. The van der Waals surface area contributed by atoms with Gasteiger partial charge in [-0.3, -0.25) is 0 Å². The van der Waals surface area contributed by atoms with Crippen molar-refractivity contribution in [1.29, 1.82) is 0 Å². The van der Waals surface area contributed by atoms with Gasteiger partial charge in [-0.05, 0) is 23.6 Å². The largest absolute Gasteiger partial charge is 0.395 e. The fraction of sp³-hybridized carbons (Fsp3) is 0.625. The van der Waals surface area contributed by atoms with Crippen LogP contribution in [-0.4, -0.2) is 44.1 Å². The van der Waals surface area contributed by atoms with Crippen molar-refractivity contribution in [3.05, 3.63) is 29.8 Å². The molecule has 1 unspecified atom stereocenters. The average molecular weight is 278 g/mol. The second-order valence-corrected chi connectivity index (χ2v) is 5.68. The Morgan fingerprint density at radius 3 is 2.40 bits per heavy atom. The van der Waals surface area contributed by atoms with Crippen LogP contribution in [0.3, 0.4) is 0 Å². The van der Waals surface area contributed by atoms with E-state index in [1.807, 2.05) is 0 Å². The molecule has 1 aliphatic heterocycles. The minimum atomic E-state index is 0.161. The number of nitrogens with one attached hydrogen (secondary N) is 1. The van der Waals surface area contributed by atoms with Crippen molar-refractivity contribution in [1.82, 2.24) is 5.32 Å². The minimum absolute atomic E-state index is 0.161. The van der Waals surface area contributed by atoms with Gasteiger partial charge in [0.1, 0.15) is 0 Å². The van der Waals surface area contributed by atoms with E-state index in [2.05, 4.69) is 48.3 Å². The van der Waals surface area contributed by atoms with Crippen LogP contribution in [0.4, 0.5) is 5.69 Å². The highest BCUT2D eigenvalue weighted by molar-refractivity contribution is 5.47. The molecule has 2 N–H and O–H groups in total. The Kier molecular flexibility index (Phi) is 5.83. The number of ether oxygens (including phenoxy) is 1. The predicted octanol–water partition coefficient (Wildman–Crippen LogP) is 1.63. The molecule has 1 heterocycles. The van der Waals surface area contributed by atoms with Gasteiger partial charge in [0.25, 0.3) is 0 Å². The van der Waals surface area contributed by atoms with Gasteiger partial charge in [0.15, 0.2) is 0 Å². The maximum atomic E-state index is 9.31. The lowest BCUT2D eigenvalue weighted by Crippen LogP contribution is -2.37. The van der Waals surface area contributed by atoms with Crippen LogP contribution in [0, 0.1) is 5.92 Å². The smallest absolute Gasteiger partial charge is 0.0642 e. The lowest BCUT2D eigenvalue weighted by molar-refractivity contribution is 0.122. The third-order valence-electron chi connectivity index (χ3n) is 3.88. The van der Waals surface area contributed by atoms with E-state index in [9.17, 15) is 5.11 Å².